The number of nitrogens with zero attached hydrogens (tertiary/aromatic N) is 3. The van der Waals surface area contributed by atoms with Gasteiger partial charge in [-0.2, -0.15) is 0 Å². The van der Waals surface area contributed by atoms with Gasteiger partial charge in [-0.15, -0.1) is 0 Å². The van der Waals surface area contributed by atoms with Gasteiger partial charge in [0, 0.05) is 49.0 Å². The molecule has 1 amide bonds. The van der Waals surface area contributed by atoms with Crippen LogP contribution in [0.15, 0.2) is 60.8 Å². The summed E-state index contributed by atoms with van der Waals surface area (Å²) in [5, 5.41) is 3.52. The molecule has 1 fully saturated rings. The SMILES string of the molecule is CN(C)c1ccc(-c2cc(C(=O)Nc3ccc(N4CCOCC4)nc3)ccc2Cl)cc1. The van der Waals surface area contributed by atoms with Crippen LogP contribution >= 0.6 is 11.6 Å². The van der Waals surface area contributed by atoms with Crippen molar-refractivity contribution >= 4 is 34.7 Å². The maximum Gasteiger partial charge on any atom is 0.255 e. The van der Waals surface area contributed by atoms with Crippen LogP contribution in [-0.2, 0) is 4.74 Å². The molecule has 1 N–H and O–H groups in total. The van der Waals surface area contributed by atoms with Crippen LogP contribution in [0.5, 0.6) is 0 Å². The quantitative estimate of drug-likeness (QED) is 0.635. The summed E-state index contributed by atoms with van der Waals surface area (Å²) >= 11 is 6.42. The second-order valence-corrected chi connectivity index (χ2v) is 8.00. The van der Waals surface area contributed by atoms with Crippen LogP contribution < -0.4 is 15.1 Å². The second kappa shape index (κ2) is 9.37. The van der Waals surface area contributed by atoms with Crippen molar-refractivity contribution in [2.24, 2.45) is 0 Å². The summed E-state index contributed by atoms with van der Waals surface area (Å²) in [6.45, 7) is 3.05. The van der Waals surface area contributed by atoms with Gasteiger partial charge in [0.15, 0.2) is 0 Å². The number of amides is 1. The molecular formula is C24H25ClN4O2. The number of nitrogens with one attached hydrogen (secondary N) is 1. The Morgan fingerprint density at radius 3 is 2.45 bits per heavy atom. The molecule has 3 aromatic rings. The lowest BCUT2D eigenvalue weighted by Gasteiger charge is -2.27. The highest BCUT2D eigenvalue weighted by atomic mass is 35.5. The number of halogens is 1. The minimum Gasteiger partial charge on any atom is -0.378 e. The number of carbonyl (C=O) groups is 1. The van der Waals surface area contributed by atoms with Crippen molar-refractivity contribution in [2.75, 3.05) is 55.5 Å². The van der Waals surface area contributed by atoms with Gasteiger partial charge in [0.05, 0.1) is 25.1 Å². The number of hydrogen-bond donors (Lipinski definition) is 1. The Labute approximate surface area is 187 Å². The first-order chi connectivity index (χ1) is 15.0. The summed E-state index contributed by atoms with van der Waals surface area (Å²) in [5.41, 5.74) is 4.06. The number of hydrogen-bond acceptors (Lipinski definition) is 5. The Bertz CT molecular complexity index is 1050. The van der Waals surface area contributed by atoms with Crippen molar-refractivity contribution in [3.05, 3.63) is 71.4 Å². The molecule has 0 atom stereocenters. The highest BCUT2D eigenvalue weighted by Gasteiger charge is 2.14. The zero-order chi connectivity index (χ0) is 21.8. The second-order valence-electron chi connectivity index (χ2n) is 7.59. The van der Waals surface area contributed by atoms with E-state index in [2.05, 4.69) is 15.2 Å². The maximum absolute atomic E-state index is 12.8. The number of morpholine rings is 1. The molecule has 2 heterocycles. The number of anilines is 3. The molecule has 1 aromatic heterocycles. The zero-order valence-electron chi connectivity index (χ0n) is 17.6. The Hall–Kier alpha value is -3.09. The van der Waals surface area contributed by atoms with Crippen molar-refractivity contribution in [1.82, 2.24) is 4.98 Å². The third-order valence-electron chi connectivity index (χ3n) is 5.26. The summed E-state index contributed by atoms with van der Waals surface area (Å²) in [5.74, 6) is 0.681. The molecule has 4 rings (SSSR count). The van der Waals surface area contributed by atoms with E-state index in [1.807, 2.05) is 61.5 Å². The van der Waals surface area contributed by atoms with E-state index in [1.165, 1.54) is 0 Å². The van der Waals surface area contributed by atoms with Crippen LogP contribution in [0.1, 0.15) is 10.4 Å². The van der Waals surface area contributed by atoms with Crippen molar-refractivity contribution in [1.29, 1.82) is 0 Å². The third-order valence-corrected chi connectivity index (χ3v) is 5.59. The van der Waals surface area contributed by atoms with Crippen LogP contribution in [-0.4, -0.2) is 51.3 Å². The summed E-state index contributed by atoms with van der Waals surface area (Å²) in [6, 6.07) is 17.2. The molecule has 1 aliphatic heterocycles. The molecule has 0 aliphatic carbocycles. The van der Waals surface area contributed by atoms with Crippen LogP contribution in [0, 0.1) is 0 Å². The number of benzene rings is 2. The van der Waals surface area contributed by atoms with E-state index in [9.17, 15) is 4.79 Å². The third kappa shape index (κ3) is 4.98. The zero-order valence-corrected chi connectivity index (χ0v) is 18.4. The largest absolute Gasteiger partial charge is 0.378 e. The first-order valence-corrected chi connectivity index (χ1v) is 10.6. The Kier molecular flexibility index (Phi) is 6.39. The van der Waals surface area contributed by atoms with Gasteiger partial charge in [0.25, 0.3) is 5.91 Å². The van der Waals surface area contributed by atoms with E-state index in [0.717, 1.165) is 35.7 Å². The fraction of sp³-hybridized carbons (Fsp3) is 0.250. The van der Waals surface area contributed by atoms with Crippen LogP contribution in [0.3, 0.4) is 0 Å². The van der Waals surface area contributed by atoms with E-state index < -0.39 is 0 Å². The molecule has 6 nitrogen and oxygen atoms in total. The average molecular weight is 437 g/mol. The minimum absolute atomic E-state index is 0.205. The Morgan fingerprint density at radius 1 is 1.06 bits per heavy atom. The van der Waals surface area contributed by atoms with Gasteiger partial charge >= 0.3 is 0 Å². The standard InChI is InChI=1S/C24H25ClN4O2/c1-28(2)20-7-3-17(4-8-20)21-15-18(5-9-22(21)25)24(30)27-19-6-10-23(26-16-19)29-11-13-31-14-12-29/h3-10,15-16H,11-14H2,1-2H3,(H,27,30). The van der Waals surface area contributed by atoms with E-state index in [1.54, 1.807) is 18.3 Å². The number of pyridine rings is 1. The highest BCUT2D eigenvalue weighted by molar-refractivity contribution is 6.33. The van der Waals surface area contributed by atoms with E-state index >= 15 is 0 Å². The first-order valence-electron chi connectivity index (χ1n) is 10.2. The predicted molar refractivity (Wildman–Crippen MR) is 126 cm³/mol. The smallest absolute Gasteiger partial charge is 0.255 e. The van der Waals surface area contributed by atoms with Crippen LogP contribution in [0.25, 0.3) is 11.1 Å². The van der Waals surface area contributed by atoms with Crippen LogP contribution in [0.2, 0.25) is 5.02 Å². The first kappa shape index (κ1) is 21.2. The molecule has 31 heavy (non-hydrogen) atoms. The number of aromatic nitrogens is 1. The fourth-order valence-corrected chi connectivity index (χ4v) is 3.70. The highest BCUT2D eigenvalue weighted by Crippen LogP contribution is 2.30. The summed E-state index contributed by atoms with van der Waals surface area (Å²) in [4.78, 5) is 21.5. The molecule has 1 aliphatic rings. The van der Waals surface area contributed by atoms with Gasteiger partial charge < -0.3 is 19.9 Å². The molecule has 0 unspecified atom stereocenters. The molecule has 0 bridgehead atoms. The normalized spacial score (nSPS) is 13.7. The molecule has 1 saturated heterocycles. The molecule has 0 saturated carbocycles. The summed E-state index contributed by atoms with van der Waals surface area (Å²) < 4.78 is 5.37. The van der Waals surface area contributed by atoms with Gasteiger partial charge in [0.2, 0.25) is 0 Å². The number of ether oxygens (including phenoxy) is 1. The van der Waals surface area contributed by atoms with E-state index in [4.69, 9.17) is 16.3 Å². The molecule has 0 radical (unpaired) electrons. The van der Waals surface area contributed by atoms with E-state index in [0.29, 0.717) is 29.5 Å². The molecule has 160 valence electrons. The van der Waals surface area contributed by atoms with Crippen molar-refractivity contribution < 1.29 is 9.53 Å². The van der Waals surface area contributed by atoms with Gasteiger partial charge in [-0.3, -0.25) is 4.79 Å². The minimum atomic E-state index is -0.205. The summed E-state index contributed by atoms with van der Waals surface area (Å²) in [7, 11) is 3.99. The fourth-order valence-electron chi connectivity index (χ4n) is 3.47. The molecule has 2 aromatic carbocycles. The average Bonchev–Trinajstić information content (AvgIpc) is 2.80. The lowest BCUT2D eigenvalue weighted by Crippen LogP contribution is -2.36. The van der Waals surface area contributed by atoms with Crippen molar-refractivity contribution in [3.63, 3.8) is 0 Å². The lowest BCUT2D eigenvalue weighted by atomic mass is 10.0. The monoisotopic (exact) mass is 436 g/mol. The number of carbonyl (C=O) groups excluding carboxylic acids is 1. The van der Waals surface area contributed by atoms with Gasteiger partial charge in [-0.05, 0) is 48.0 Å². The molecular weight excluding hydrogens is 412 g/mol. The van der Waals surface area contributed by atoms with Gasteiger partial charge in [-0.1, -0.05) is 23.7 Å². The Morgan fingerprint density at radius 2 is 1.81 bits per heavy atom. The molecule has 0 spiro atoms. The van der Waals surface area contributed by atoms with Crippen molar-refractivity contribution in [2.45, 2.75) is 0 Å². The Balaban J connectivity index is 1.49. The van der Waals surface area contributed by atoms with Gasteiger partial charge in [0.1, 0.15) is 5.82 Å². The molecule has 7 heteroatoms. The maximum atomic E-state index is 12.8. The van der Waals surface area contributed by atoms with Crippen LogP contribution in [0.4, 0.5) is 17.2 Å². The van der Waals surface area contributed by atoms with Crippen molar-refractivity contribution in [3.8, 4) is 11.1 Å². The van der Waals surface area contributed by atoms with Gasteiger partial charge in [-0.25, -0.2) is 4.98 Å². The topological polar surface area (TPSA) is 57.7 Å². The van der Waals surface area contributed by atoms with E-state index in [-0.39, 0.29) is 5.91 Å². The lowest BCUT2D eigenvalue weighted by molar-refractivity contribution is 0.102. The summed E-state index contributed by atoms with van der Waals surface area (Å²) in [6.07, 6.45) is 1.68. The predicted octanol–water partition coefficient (Wildman–Crippen LogP) is 4.56. The number of rotatable bonds is 5.